The molecular formula is C14H12ClF3N4O. The molecule has 0 aliphatic rings. The number of rotatable bonds is 4. The van der Waals surface area contributed by atoms with Gasteiger partial charge in [0.1, 0.15) is 5.69 Å². The maximum Gasteiger partial charge on any atom is 0.409 e. The second-order valence-corrected chi connectivity index (χ2v) is 4.78. The fraction of sp³-hybridized carbons (Fsp3) is 0.214. The van der Waals surface area contributed by atoms with E-state index in [2.05, 4.69) is 10.1 Å². The summed E-state index contributed by atoms with van der Waals surface area (Å²) < 4.78 is 37.9. The third-order valence-corrected chi connectivity index (χ3v) is 3.12. The van der Waals surface area contributed by atoms with Crippen LogP contribution in [0.15, 0.2) is 42.9 Å². The molecule has 2 rings (SSSR count). The predicted octanol–water partition coefficient (Wildman–Crippen LogP) is 3.39. The number of hydrogen-bond donors (Lipinski definition) is 0. The molecule has 0 radical (unpaired) electrons. The van der Waals surface area contributed by atoms with Gasteiger partial charge in [-0.05, 0) is 19.1 Å². The Morgan fingerprint density at radius 3 is 2.78 bits per heavy atom. The van der Waals surface area contributed by atoms with Crippen molar-refractivity contribution < 1.29 is 18.0 Å². The summed E-state index contributed by atoms with van der Waals surface area (Å²) in [5.41, 5.74) is 0.824. The maximum absolute atomic E-state index is 12.2. The van der Waals surface area contributed by atoms with E-state index in [9.17, 15) is 18.0 Å². The van der Waals surface area contributed by atoms with Crippen LogP contribution < -0.4 is 4.90 Å². The molecule has 0 N–H and O–H groups in total. The summed E-state index contributed by atoms with van der Waals surface area (Å²) in [4.78, 5) is 17.0. The van der Waals surface area contributed by atoms with Gasteiger partial charge in [0.2, 0.25) is 0 Å². The van der Waals surface area contributed by atoms with Gasteiger partial charge in [0, 0.05) is 24.9 Å². The number of aromatic nitrogens is 3. The molecule has 2 aromatic rings. The average molecular weight is 345 g/mol. The van der Waals surface area contributed by atoms with E-state index in [0.717, 1.165) is 4.90 Å². The van der Waals surface area contributed by atoms with Crippen molar-refractivity contribution in [2.45, 2.75) is 13.1 Å². The molecule has 0 saturated carbocycles. The lowest BCUT2D eigenvalue weighted by Crippen LogP contribution is -2.29. The summed E-state index contributed by atoms with van der Waals surface area (Å²) >= 11 is 6.01. The number of amides is 1. The van der Waals surface area contributed by atoms with Gasteiger partial charge in [-0.15, -0.1) is 0 Å². The van der Waals surface area contributed by atoms with Crippen molar-refractivity contribution in [2.24, 2.45) is 0 Å². The molecule has 1 amide bonds. The lowest BCUT2D eigenvalue weighted by molar-refractivity contribution is -0.115. The van der Waals surface area contributed by atoms with E-state index in [-0.39, 0.29) is 23.5 Å². The van der Waals surface area contributed by atoms with Crippen molar-refractivity contribution in [1.82, 2.24) is 14.8 Å². The number of allylic oxidation sites excluding steroid dienone is 1. The summed E-state index contributed by atoms with van der Waals surface area (Å²) in [5, 5.41) is 4.05. The molecule has 0 unspecified atom stereocenters. The maximum atomic E-state index is 12.2. The highest BCUT2D eigenvalue weighted by molar-refractivity contribution is 6.32. The smallest absolute Gasteiger partial charge is 0.305 e. The van der Waals surface area contributed by atoms with Crippen molar-refractivity contribution in [3.63, 3.8) is 0 Å². The zero-order valence-electron chi connectivity index (χ0n) is 12.0. The van der Waals surface area contributed by atoms with Crippen LogP contribution in [0.3, 0.4) is 0 Å². The Labute approximate surface area is 135 Å². The molecule has 122 valence electrons. The highest BCUT2D eigenvalue weighted by Crippen LogP contribution is 2.26. The largest absolute Gasteiger partial charge is 0.409 e. The molecule has 9 heteroatoms. The molecule has 5 nitrogen and oxygen atoms in total. The third kappa shape index (κ3) is 4.32. The van der Waals surface area contributed by atoms with Crippen LogP contribution in [-0.4, -0.2) is 33.4 Å². The molecule has 0 aromatic carbocycles. The van der Waals surface area contributed by atoms with E-state index in [1.165, 1.54) is 17.1 Å². The van der Waals surface area contributed by atoms with Crippen LogP contribution in [0.25, 0.3) is 5.69 Å². The monoisotopic (exact) mass is 344 g/mol. The molecule has 0 atom stereocenters. The zero-order chi connectivity index (χ0) is 17.0. The van der Waals surface area contributed by atoms with Crippen molar-refractivity contribution >= 4 is 23.2 Å². The predicted molar refractivity (Wildman–Crippen MR) is 79.6 cm³/mol. The van der Waals surface area contributed by atoms with E-state index in [4.69, 9.17) is 11.6 Å². The number of nitrogens with zero attached hydrogens (tertiary/aromatic N) is 4. The minimum Gasteiger partial charge on any atom is -0.305 e. The molecule has 23 heavy (non-hydrogen) atoms. The van der Waals surface area contributed by atoms with Gasteiger partial charge in [0.05, 0.1) is 18.1 Å². The standard InChI is InChI=1S/C14H12ClF3N4O/c1-2-21(12(23)5-6-14(16,17)18)11-9-22(20-13(11)15)10-4-3-7-19-8-10/h3-9H,2H2,1H3. The van der Waals surface area contributed by atoms with E-state index in [0.29, 0.717) is 11.8 Å². The lowest BCUT2D eigenvalue weighted by Gasteiger charge is -2.17. The molecular weight excluding hydrogens is 333 g/mol. The number of carbonyl (C=O) groups is 1. The summed E-state index contributed by atoms with van der Waals surface area (Å²) in [7, 11) is 0. The van der Waals surface area contributed by atoms with Gasteiger partial charge in [-0.25, -0.2) is 4.68 Å². The lowest BCUT2D eigenvalue weighted by atomic mass is 10.3. The molecule has 2 aromatic heterocycles. The first-order valence-electron chi connectivity index (χ1n) is 6.55. The van der Waals surface area contributed by atoms with Crippen molar-refractivity contribution in [3.8, 4) is 5.69 Å². The number of halogens is 4. The molecule has 2 heterocycles. The summed E-state index contributed by atoms with van der Waals surface area (Å²) in [6.07, 6.45) is 0.369. The van der Waals surface area contributed by atoms with Crippen LogP contribution in [0.5, 0.6) is 0 Å². The zero-order valence-corrected chi connectivity index (χ0v) is 12.7. The number of alkyl halides is 3. The third-order valence-electron chi connectivity index (χ3n) is 2.85. The van der Waals surface area contributed by atoms with Crippen LogP contribution in [0.2, 0.25) is 5.15 Å². The van der Waals surface area contributed by atoms with Crippen LogP contribution in [-0.2, 0) is 4.79 Å². The fourth-order valence-corrected chi connectivity index (χ4v) is 2.08. The topological polar surface area (TPSA) is 51.0 Å². The highest BCUT2D eigenvalue weighted by atomic mass is 35.5. The molecule has 0 aliphatic carbocycles. The van der Waals surface area contributed by atoms with Crippen LogP contribution in [0.1, 0.15) is 6.92 Å². The quantitative estimate of drug-likeness (QED) is 0.799. The molecule has 0 bridgehead atoms. The number of pyridine rings is 1. The van der Waals surface area contributed by atoms with Gasteiger partial charge in [0.15, 0.2) is 5.15 Å². The van der Waals surface area contributed by atoms with E-state index in [1.54, 1.807) is 25.3 Å². The fourth-order valence-electron chi connectivity index (χ4n) is 1.85. The number of likely N-dealkylation sites (N-methyl/N-ethyl adjacent to an activating group) is 1. The number of hydrogen-bond acceptors (Lipinski definition) is 3. The second kappa shape index (κ2) is 6.82. The Balaban J connectivity index is 2.30. The molecule has 0 spiro atoms. The van der Waals surface area contributed by atoms with Gasteiger partial charge in [-0.3, -0.25) is 9.78 Å². The van der Waals surface area contributed by atoms with Gasteiger partial charge < -0.3 is 4.90 Å². The van der Waals surface area contributed by atoms with Crippen LogP contribution >= 0.6 is 11.6 Å². The SMILES string of the molecule is CCN(C(=O)C=CC(F)(F)F)c1cn(-c2cccnc2)nc1Cl. The first kappa shape index (κ1) is 17.0. The second-order valence-electron chi connectivity index (χ2n) is 4.42. The normalized spacial score (nSPS) is 11.9. The van der Waals surface area contributed by atoms with Gasteiger partial charge in [0.25, 0.3) is 5.91 Å². The molecule has 0 saturated heterocycles. The Hall–Kier alpha value is -2.35. The molecule has 0 aliphatic heterocycles. The Morgan fingerprint density at radius 1 is 1.48 bits per heavy atom. The van der Waals surface area contributed by atoms with E-state index < -0.39 is 12.1 Å². The minimum absolute atomic E-state index is 0.00413. The Morgan fingerprint density at radius 2 is 2.22 bits per heavy atom. The highest BCUT2D eigenvalue weighted by Gasteiger charge is 2.24. The van der Waals surface area contributed by atoms with Crippen molar-refractivity contribution in [2.75, 3.05) is 11.4 Å². The van der Waals surface area contributed by atoms with Gasteiger partial charge in [-0.1, -0.05) is 11.6 Å². The average Bonchev–Trinajstić information content (AvgIpc) is 2.88. The number of anilines is 1. The first-order chi connectivity index (χ1) is 10.8. The summed E-state index contributed by atoms with van der Waals surface area (Å²) in [5.74, 6) is -0.836. The first-order valence-corrected chi connectivity index (χ1v) is 6.92. The summed E-state index contributed by atoms with van der Waals surface area (Å²) in [6.45, 7) is 1.76. The van der Waals surface area contributed by atoms with Gasteiger partial charge in [-0.2, -0.15) is 18.3 Å². The minimum atomic E-state index is -4.56. The Kier molecular flexibility index (Phi) is 5.05. The molecule has 0 fully saturated rings. The van der Waals surface area contributed by atoms with Crippen molar-refractivity contribution in [3.05, 3.63) is 48.0 Å². The Bertz CT molecular complexity index is 713. The van der Waals surface area contributed by atoms with Gasteiger partial charge >= 0.3 is 6.18 Å². The van der Waals surface area contributed by atoms with E-state index >= 15 is 0 Å². The van der Waals surface area contributed by atoms with Crippen LogP contribution in [0, 0.1) is 0 Å². The summed E-state index contributed by atoms with van der Waals surface area (Å²) in [6, 6.07) is 3.42. The van der Waals surface area contributed by atoms with Crippen molar-refractivity contribution in [1.29, 1.82) is 0 Å². The van der Waals surface area contributed by atoms with E-state index in [1.807, 2.05) is 0 Å². The van der Waals surface area contributed by atoms with Crippen LogP contribution in [0.4, 0.5) is 18.9 Å². The number of carbonyl (C=O) groups excluding carboxylic acids is 1.